The molecule has 0 atom stereocenters. The molecule has 0 aromatic carbocycles. The van der Waals surface area contributed by atoms with Crippen molar-refractivity contribution >= 4 is 11.8 Å². The largest absolute Gasteiger partial charge is 0.466 e. The van der Waals surface area contributed by atoms with Gasteiger partial charge in [-0.05, 0) is 32.8 Å². The molecule has 3 nitrogen and oxygen atoms in total. The first-order valence-corrected chi connectivity index (χ1v) is 4.50. The van der Waals surface area contributed by atoms with E-state index in [4.69, 9.17) is 4.74 Å². The molecule has 0 bridgehead atoms. The van der Waals surface area contributed by atoms with Crippen molar-refractivity contribution in [3.8, 4) is 0 Å². The maximum atomic E-state index is 11.1. The average Bonchev–Trinajstić information content (AvgIpc) is 1.95. The van der Waals surface area contributed by atoms with Crippen LogP contribution in [0.3, 0.4) is 0 Å². The summed E-state index contributed by atoms with van der Waals surface area (Å²) in [6, 6.07) is 0. The lowest BCUT2D eigenvalue weighted by atomic mass is 9.79. The Morgan fingerprint density at radius 3 is 2.62 bits per heavy atom. The lowest BCUT2D eigenvalue weighted by molar-refractivity contribution is -0.149. The first-order valence-electron chi connectivity index (χ1n) is 4.50. The van der Waals surface area contributed by atoms with Crippen LogP contribution in [0.4, 0.5) is 0 Å². The number of carbonyl (C=O) groups excluding carboxylic acids is 2. The maximum Gasteiger partial charge on any atom is 0.309 e. The van der Waals surface area contributed by atoms with Gasteiger partial charge in [0.1, 0.15) is 0 Å². The summed E-state index contributed by atoms with van der Waals surface area (Å²) in [4.78, 5) is 21.8. The van der Waals surface area contributed by atoms with Gasteiger partial charge in [-0.2, -0.15) is 0 Å². The van der Waals surface area contributed by atoms with Crippen molar-refractivity contribution in [3.05, 3.63) is 11.6 Å². The molecule has 1 aliphatic carbocycles. The number of esters is 1. The number of carbonyl (C=O) groups is 2. The second-order valence-electron chi connectivity index (χ2n) is 3.27. The molecule has 3 heteroatoms. The fourth-order valence-electron chi connectivity index (χ4n) is 1.41. The molecular formula is C10H14O3. The predicted molar refractivity (Wildman–Crippen MR) is 48.1 cm³/mol. The Morgan fingerprint density at radius 1 is 1.54 bits per heavy atom. The monoisotopic (exact) mass is 182 g/mol. The summed E-state index contributed by atoms with van der Waals surface area (Å²) in [5, 5.41) is 0. The molecule has 72 valence electrons. The van der Waals surface area contributed by atoms with E-state index in [1.165, 1.54) is 6.92 Å². The van der Waals surface area contributed by atoms with Gasteiger partial charge in [0.2, 0.25) is 0 Å². The summed E-state index contributed by atoms with van der Waals surface area (Å²) >= 11 is 0. The number of hydrogen-bond acceptors (Lipinski definition) is 3. The molecular weight excluding hydrogens is 168 g/mol. The van der Waals surface area contributed by atoms with Crippen LogP contribution in [0.15, 0.2) is 11.6 Å². The third kappa shape index (κ3) is 2.68. The third-order valence-electron chi connectivity index (χ3n) is 2.04. The first-order chi connectivity index (χ1) is 6.13. The molecule has 1 fully saturated rings. The number of ether oxygens (including phenoxy) is 1. The molecule has 0 aromatic rings. The van der Waals surface area contributed by atoms with Crippen molar-refractivity contribution < 1.29 is 14.3 Å². The standard InChI is InChI=1S/C10H14O3/c1-3-13-10(12)9-5-8(6-9)4-7(2)11/h4,9H,3,5-6H2,1-2H3. The van der Waals surface area contributed by atoms with E-state index in [1.54, 1.807) is 13.0 Å². The van der Waals surface area contributed by atoms with E-state index in [-0.39, 0.29) is 17.7 Å². The van der Waals surface area contributed by atoms with Crippen LogP contribution in [-0.2, 0) is 14.3 Å². The molecule has 0 spiro atoms. The van der Waals surface area contributed by atoms with E-state index in [9.17, 15) is 9.59 Å². The Labute approximate surface area is 77.8 Å². The predicted octanol–water partition coefficient (Wildman–Crippen LogP) is 1.47. The molecule has 0 radical (unpaired) electrons. The summed E-state index contributed by atoms with van der Waals surface area (Å²) in [7, 11) is 0. The van der Waals surface area contributed by atoms with Gasteiger partial charge in [-0.25, -0.2) is 0 Å². The highest BCUT2D eigenvalue weighted by molar-refractivity contribution is 5.88. The summed E-state index contributed by atoms with van der Waals surface area (Å²) in [5.41, 5.74) is 1.06. The number of rotatable bonds is 3. The van der Waals surface area contributed by atoms with Gasteiger partial charge in [-0.3, -0.25) is 9.59 Å². The molecule has 1 saturated carbocycles. The van der Waals surface area contributed by atoms with Gasteiger partial charge in [0.25, 0.3) is 0 Å². The Kier molecular flexibility index (Phi) is 3.23. The highest BCUT2D eigenvalue weighted by Gasteiger charge is 2.30. The van der Waals surface area contributed by atoms with Crippen molar-refractivity contribution in [2.24, 2.45) is 5.92 Å². The Balaban J connectivity index is 2.33. The van der Waals surface area contributed by atoms with E-state index in [0.29, 0.717) is 19.4 Å². The number of allylic oxidation sites excluding steroid dienone is 2. The van der Waals surface area contributed by atoms with Crippen LogP contribution in [0.5, 0.6) is 0 Å². The van der Waals surface area contributed by atoms with Crippen LogP contribution >= 0.6 is 0 Å². The second kappa shape index (κ2) is 4.21. The molecule has 0 aromatic heterocycles. The number of ketones is 1. The minimum Gasteiger partial charge on any atom is -0.466 e. The van der Waals surface area contributed by atoms with Crippen molar-refractivity contribution in [3.63, 3.8) is 0 Å². The lowest BCUT2D eigenvalue weighted by Crippen LogP contribution is -2.26. The van der Waals surface area contributed by atoms with Gasteiger partial charge >= 0.3 is 5.97 Å². The molecule has 0 unspecified atom stereocenters. The Bertz CT molecular complexity index is 245. The molecule has 0 saturated heterocycles. The molecule has 0 amide bonds. The van der Waals surface area contributed by atoms with Gasteiger partial charge in [0, 0.05) is 0 Å². The fourth-order valence-corrected chi connectivity index (χ4v) is 1.41. The van der Waals surface area contributed by atoms with Crippen molar-refractivity contribution in [2.75, 3.05) is 6.61 Å². The zero-order chi connectivity index (χ0) is 9.84. The highest BCUT2D eigenvalue weighted by Crippen LogP contribution is 2.33. The zero-order valence-electron chi connectivity index (χ0n) is 8.00. The molecule has 13 heavy (non-hydrogen) atoms. The van der Waals surface area contributed by atoms with Gasteiger partial charge in [-0.15, -0.1) is 0 Å². The third-order valence-corrected chi connectivity index (χ3v) is 2.04. The SMILES string of the molecule is CCOC(=O)C1CC(=CC(C)=O)C1. The van der Waals surface area contributed by atoms with E-state index >= 15 is 0 Å². The Morgan fingerprint density at radius 2 is 2.15 bits per heavy atom. The van der Waals surface area contributed by atoms with Crippen LogP contribution in [0, 0.1) is 5.92 Å². The fraction of sp³-hybridized carbons (Fsp3) is 0.600. The number of hydrogen-bond donors (Lipinski definition) is 0. The van der Waals surface area contributed by atoms with Crippen LogP contribution in [0.1, 0.15) is 26.7 Å². The summed E-state index contributed by atoms with van der Waals surface area (Å²) in [5.74, 6) is -0.0916. The second-order valence-corrected chi connectivity index (χ2v) is 3.27. The normalized spacial score (nSPS) is 20.5. The maximum absolute atomic E-state index is 11.1. The van der Waals surface area contributed by atoms with Crippen LogP contribution in [0.2, 0.25) is 0 Å². The minimum absolute atomic E-state index is 0.00875. The van der Waals surface area contributed by atoms with E-state index in [2.05, 4.69) is 0 Å². The zero-order valence-corrected chi connectivity index (χ0v) is 8.00. The molecule has 0 N–H and O–H groups in total. The van der Waals surface area contributed by atoms with Crippen LogP contribution in [0.25, 0.3) is 0 Å². The van der Waals surface area contributed by atoms with Gasteiger partial charge in [0.05, 0.1) is 12.5 Å². The van der Waals surface area contributed by atoms with E-state index < -0.39 is 0 Å². The van der Waals surface area contributed by atoms with Crippen molar-refractivity contribution in [1.82, 2.24) is 0 Å². The molecule has 0 aliphatic heterocycles. The van der Waals surface area contributed by atoms with Crippen LogP contribution in [-0.4, -0.2) is 18.4 Å². The molecule has 0 heterocycles. The smallest absolute Gasteiger partial charge is 0.309 e. The average molecular weight is 182 g/mol. The lowest BCUT2D eigenvalue weighted by Gasteiger charge is -2.26. The summed E-state index contributed by atoms with van der Waals surface area (Å²) < 4.78 is 4.85. The van der Waals surface area contributed by atoms with Gasteiger partial charge < -0.3 is 4.74 Å². The highest BCUT2D eigenvalue weighted by atomic mass is 16.5. The van der Waals surface area contributed by atoms with E-state index in [0.717, 1.165) is 5.57 Å². The first kappa shape index (κ1) is 9.96. The van der Waals surface area contributed by atoms with E-state index in [1.807, 2.05) is 0 Å². The molecule has 1 rings (SSSR count). The van der Waals surface area contributed by atoms with Gasteiger partial charge in [0.15, 0.2) is 5.78 Å². The summed E-state index contributed by atoms with van der Waals surface area (Å²) in [6.07, 6.45) is 2.99. The molecule has 1 aliphatic rings. The topological polar surface area (TPSA) is 43.4 Å². The van der Waals surface area contributed by atoms with Gasteiger partial charge in [-0.1, -0.05) is 5.57 Å². The van der Waals surface area contributed by atoms with Crippen LogP contribution < -0.4 is 0 Å². The van der Waals surface area contributed by atoms with Crippen molar-refractivity contribution in [1.29, 1.82) is 0 Å². The van der Waals surface area contributed by atoms with Crippen molar-refractivity contribution in [2.45, 2.75) is 26.7 Å². The summed E-state index contributed by atoms with van der Waals surface area (Å²) in [6.45, 7) is 3.74. The minimum atomic E-state index is -0.136. The Hall–Kier alpha value is -1.12. The quantitative estimate of drug-likeness (QED) is 0.490.